The molecule has 4 N–H and O–H groups in total. The van der Waals surface area contributed by atoms with Gasteiger partial charge in [-0.05, 0) is 26.2 Å². The van der Waals surface area contributed by atoms with Crippen LogP contribution in [0.1, 0.15) is 40.2 Å². The maximum Gasteiger partial charge on any atom is 0.337 e. The Bertz CT molecular complexity index is 525. The van der Waals surface area contributed by atoms with Crippen molar-refractivity contribution < 1.29 is 19.8 Å². The molecule has 1 aromatic heterocycles. The van der Waals surface area contributed by atoms with Crippen molar-refractivity contribution in [3.8, 4) is 0 Å². The highest BCUT2D eigenvalue weighted by atomic mass is 16.4. The molecule has 1 aromatic rings. The number of hydrogen-bond donors (Lipinski definition) is 4. The van der Waals surface area contributed by atoms with Crippen LogP contribution in [0.4, 0.5) is 10.6 Å². The standard InChI is InChI=1S/C14H24N4O4/c1-9(2)7-10(3)18-11(5-6-16-18)17-13(21)15-8-14(4,22)12(19)20/h5-6,9-10,22H,7-8H2,1-4H3,(H,19,20)(H2,15,17,21). The molecular weight excluding hydrogens is 288 g/mol. The number of carboxylic acids is 1. The van der Waals surface area contributed by atoms with Crippen LogP contribution in [0.2, 0.25) is 0 Å². The van der Waals surface area contributed by atoms with Gasteiger partial charge in [0.25, 0.3) is 0 Å². The van der Waals surface area contributed by atoms with Gasteiger partial charge in [-0.2, -0.15) is 5.10 Å². The molecule has 1 heterocycles. The van der Waals surface area contributed by atoms with Crippen molar-refractivity contribution in [1.82, 2.24) is 15.1 Å². The van der Waals surface area contributed by atoms with Crippen LogP contribution in [0.15, 0.2) is 12.3 Å². The second-order valence-electron chi connectivity index (χ2n) is 6.03. The van der Waals surface area contributed by atoms with Crippen LogP contribution in [-0.4, -0.2) is 44.1 Å². The lowest BCUT2D eigenvalue weighted by Gasteiger charge is -2.20. The molecule has 2 atom stereocenters. The third kappa shape index (κ3) is 5.03. The smallest absolute Gasteiger partial charge is 0.337 e. The van der Waals surface area contributed by atoms with E-state index in [1.807, 2.05) is 6.92 Å². The summed E-state index contributed by atoms with van der Waals surface area (Å²) in [6, 6.07) is 1.18. The van der Waals surface area contributed by atoms with Crippen molar-refractivity contribution >= 4 is 17.8 Å². The minimum absolute atomic E-state index is 0.118. The molecule has 8 heteroatoms. The minimum atomic E-state index is -2.01. The van der Waals surface area contributed by atoms with Crippen molar-refractivity contribution in [2.45, 2.75) is 45.8 Å². The molecule has 0 fully saturated rings. The van der Waals surface area contributed by atoms with Gasteiger partial charge < -0.3 is 15.5 Å². The topological polar surface area (TPSA) is 116 Å². The van der Waals surface area contributed by atoms with E-state index in [4.69, 9.17) is 5.11 Å². The van der Waals surface area contributed by atoms with E-state index in [1.54, 1.807) is 16.9 Å². The number of carboxylic acid groups (broad SMARTS) is 1. The molecule has 0 saturated carbocycles. The quantitative estimate of drug-likeness (QED) is 0.608. The molecule has 22 heavy (non-hydrogen) atoms. The number of aliphatic hydroxyl groups is 1. The van der Waals surface area contributed by atoms with Gasteiger partial charge in [-0.25, -0.2) is 14.3 Å². The number of carbonyl (C=O) groups excluding carboxylic acids is 1. The summed E-state index contributed by atoms with van der Waals surface area (Å²) in [5.74, 6) is -0.393. The van der Waals surface area contributed by atoms with Gasteiger partial charge >= 0.3 is 12.0 Å². The molecule has 0 aromatic carbocycles. The van der Waals surface area contributed by atoms with E-state index < -0.39 is 24.1 Å². The Morgan fingerprint density at radius 3 is 2.59 bits per heavy atom. The molecule has 8 nitrogen and oxygen atoms in total. The number of hydrogen-bond acceptors (Lipinski definition) is 4. The largest absolute Gasteiger partial charge is 0.479 e. The number of anilines is 1. The van der Waals surface area contributed by atoms with Crippen molar-refractivity contribution in [2.75, 3.05) is 11.9 Å². The normalized spacial score (nSPS) is 15.2. The van der Waals surface area contributed by atoms with Crippen LogP contribution in [0.3, 0.4) is 0 Å². The molecule has 0 saturated heterocycles. The Morgan fingerprint density at radius 2 is 2.05 bits per heavy atom. The van der Waals surface area contributed by atoms with E-state index in [0.29, 0.717) is 11.7 Å². The van der Waals surface area contributed by atoms with Gasteiger partial charge in [0, 0.05) is 6.07 Å². The molecule has 0 radical (unpaired) electrons. The number of rotatable bonds is 7. The van der Waals surface area contributed by atoms with Gasteiger partial charge in [0.05, 0.1) is 18.8 Å². The molecule has 0 spiro atoms. The zero-order valence-electron chi connectivity index (χ0n) is 13.3. The summed E-state index contributed by atoms with van der Waals surface area (Å²) >= 11 is 0. The number of nitrogens with zero attached hydrogens (tertiary/aromatic N) is 2. The summed E-state index contributed by atoms with van der Waals surface area (Å²) in [5.41, 5.74) is -2.01. The SMILES string of the molecule is CC(C)CC(C)n1nccc1NC(=O)NCC(C)(O)C(=O)O. The van der Waals surface area contributed by atoms with E-state index in [9.17, 15) is 14.7 Å². The van der Waals surface area contributed by atoms with Crippen LogP contribution in [-0.2, 0) is 4.79 Å². The summed E-state index contributed by atoms with van der Waals surface area (Å²) in [7, 11) is 0. The van der Waals surface area contributed by atoms with Crippen LogP contribution >= 0.6 is 0 Å². The third-order valence-corrected chi connectivity index (χ3v) is 3.20. The first-order valence-corrected chi connectivity index (χ1v) is 7.17. The van der Waals surface area contributed by atoms with E-state index in [0.717, 1.165) is 13.3 Å². The Balaban J connectivity index is 2.63. The van der Waals surface area contributed by atoms with E-state index in [-0.39, 0.29) is 6.04 Å². The number of aliphatic carboxylic acids is 1. The summed E-state index contributed by atoms with van der Waals surface area (Å²) in [5, 5.41) is 27.4. The van der Waals surface area contributed by atoms with Gasteiger partial charge in [0.1, 0.15) is 5.82 Å². The van der Waals surface area contributed by atoms with Crippen molar-refractivity contribution in [3.63, 3.8) is 0 Å². The fourth-order valence-corrected chi connectivity index (χ4v) is 2.04. The van der Waals surface area contributed by atoms with Gasteiger partial charge in [-0.1, -0.05) is 13.8 Å². The van der Waals surface area contributed by atoms with E-state index in [1.165, 1.54) is 0 Å². The van der Waals surface area contributed by atoms with E-state index >= 15 is 0 Å². The lowest BCUT2D eigenvalue weighted by atomic mass is 10.1. The highest BCUT2D eigenvalue weighted by molar-refractivity contribution is 5.89. The van der Waals surface area contributed by atoms with Gasteiger partial charge in [-0.15, -0.1) is 0 Å². The molecule has 0 aliphatic rings. The Morgan fingerprint density at radius 1 is 1.41 bits per heavy atom. The first-order valence-electron chi connectivity index (χ1n) is 7.17. The van der Waals surface area contributed by atoms with Crippen molar-refractivity contribution in [2.24, 2.45) is 5.92 Å². The summed E-state index contributed by atoms with van der Waals surface area (Å²) in [4.78, 5) is 22.6. The predicted molar refractivity (Wildman–Crippen MR) is 81.7 cm³/mol. The number of nitrogens with one attached hydrogen (secondary N) is 2. The number of urea groups is 1. The fraction of sp³-hybridized carbons (Fsp3) is 0.643. The fourth-order valence-electron chi connectivity index (χ4n) is 2.04. The second kappa shape index (κ2) is 7.26. The molecule has 124 valence electrons. The van der Waals surface area contributed by atoms with Crippen molar-refractivity contribution in [1.29, 1.82) is 0 Å². The second-order valence-corrected chi connectivity index (χ2v) is 6.03. The predicted octanol–water partition coefficient (Wildman–Crippen LogP) is 1.45. The number of aromatic nitrogens is 2. The Hall–Kier alpha value is -2.09. The van der Waals surface area contributed by atoms with Crippen LogP contribution < -0.4 is 10.6 Å². The van der Waals surface area contributed by atoms with Crippen LogP contribution in [0.25, 0.3) is 0 Å². The molecule has 0 aliphatic carbocycles. The molecule has 2 unspecified atom stereocenters. The minimum Gasteiger partial charge on any atom is -0.479 e. The lowest BCUT2D eigenvalue weighted by molar-refractivity contribution is -0.155. The molecule has 1 rings (SSSR count). The first kappa shape index (κ1) is 18.0. The van der Waals surface area contributed by atoms with Crippen molar-refractivity contribution in [3.05, 3.63) is 12.3 Å². The van der Waals surface area contributed by atoms with Gasteiger partial charge in [0.2, 0.25) is 0 Å². The maximum atomic E-state index is 11.8. The zero-order chi connectivity index (χ0) is 16.9. The zero-order valence-corrected chi connectivity index (χ0v) is 13.3. The molecule has 0 bridgehead atoms. The van der Waals surface area contributed by atoms with Gasteiger partial charge in [-0.3, -0.25) is 5.32 Å². The van der Waals surface area contributed by atoms with E-state index in [2.05, 4.69) is 29.6 Å². The summed E-state index contributed by atoms with van der Waals surface area (Å²) in [6.45, 7) is 6.93. The first-order chi connectivity index (χ1) is 10.1. The Labute approximate surface area is 129 Å². The monoisotopic (exact) mass is 312 g/mol. The van der Waals surface area contributed by atoms with Crippen LogP contribution in [0.5, 0.6) is 0 Å². The molecule has 0 aliphatic heterocycles. The third-order valence-electron chi connectivity index (χ3n) is 3.20. The lowest BCUT2D eigenvalue weighted by Crippen LogP contribution is -2.47. The number of carbonyl (C=O) groups is 2. The molecular formula is C14H24N4O4. The average Bonchev–Trinajstić information content (AvgIpc) is 2.83. The van der Waals surface area contributed by atoms with Gasteiger partial charge in [0.15, 0.2) is 5.60 Å². The average molecular weight is 312 g/mol. The number of amides is 2. The maximum absolute atomic E-state index is 11.8. The van der Waals surface area contributed by atoms with Crippen LogP contribution in [0, 0.1) is 5.92 Å². The molecule has 2 amide bonds. The summed E-state index contributed by atoms with van der Waals surface area (Å²) in [6.07, 6.45) is 2.49. The highest BCUT2D eigenvalue weighted by Gasteiger charge is 2.30. The Kier molecular flexibility index (Phi) is 5.92. The highest BCUT2D eigenvalue weighted by Crippen LogP contribution is 2.20. The summed E-state index contributed by atoms with van der Waals surface area (Å²) < 4.78 is 1.70.